The molecule has 0 fully saturated rings. The molecule has 138 valence electrons. The van der Waals surface area contributed by atoms with E-state index < -0.39 is 0 Å². The lowest BCUT2D eigenvalue weighted by molar-refractivity contribution is -0.116. The van der Waals surface area contributed by atoms with Crippen molar-refractivity contribution >= 4 is 11.6 Å². The van der Waals surface area contributed by atoms with E-state index in [2.05, 4.69) is 14.9 Å². The number of benzene rings is 2. The molecule has 5 heteroatoms. The van der Waals surface area contributed by atoms with Gasteiger partial charge in [-0.2, -0.15) is 0 Å². The Hall–Kier alpha value is -3.08. The minimum Gasteiger partial charge on any atom is -0.497 e. The molecule has 27 heavy (non-hydrogen) atoms. The maximum Gasteiger partial charge on any atom is 0.224 e. The summed E-state index contributed by atoms with van der Waals surface area (Å²) in [5, 5.41) is 2.97. The van der Waals surface area contributed by atoms with Gasteiger partial charge in [-0.3, -0.25) is 4.79 Å². The Bertz CT molecular complexity index is 927. The second kappa shape index (κ2) is 7.66. The van der Waals surface area contributed by atoms with Gasteiger partial charge >= 0.3 is 0 Å². The third kappa shape index (κ3) is 3.87. The summed E-state index contributed by atoms with van der Waals surface area (Å²) in [7, 11) is 1.65. The molecular formula is C22H23N3O2. The van der Waals surface area contributed by atoms with Gasteiger partial charge in [0.25, 0.3) is 0 Å². The van der Waals surface area contributed by atoms with Crippen molar-refractivity contribution in [1.82, 2.24) is 9.55 Å². The van der Waals surface area contributed by atoms with Crippen molar-refractivity contribution < 1.29 is 9.53 Å². The van der Waals surface area contributed by atoms with Crippen molar-refractivity contribution in [3.05, 3.63) is 66.1 Å². The number of amides is 1. The number of anilines is 1. The number of carbonyl (C=O) groups excluding carboxylic acids is 1. The van der Waals surface area contributed by atoms with Crippen molar-refractivity contribution in [3.63, 3.8) is 0 Å². The molecule has 4 rings (SSSR count). The zero-order chi connectivity index (χ0) is 18.6. The van der Waals surface area contributed by atoms with Crippen LogP contribution < -0.4 is 10.1 Å². The summed E-state index contributed by atoms with van der Waals surface area (Å²) in [5.74, 6) is 2.01. The van der Waals surface area contributed by atoms with E-state index in [1.807, 2.05) is 54.7 Å². The largest absolute Gasteiger partial charge is 0.497 e. The summed E-state index contributed by atoms with van der Waals surface area (Å²) in [6, 6.07) is 15.8. The van der Waals surface area contributed by atoms with Gasteiger partial charge in [0.2, 0.25) is 5.91 Å². The van der Waals surface area contributed by atoms with Gasteiger partial charge in [-0.05, 0) is 48.2 Å². The second-order valence-electron chi connectivity index (χ2n) is 6.79. The Morgan fingerprint density at radius 3 is 2.67 bits per heavy atom. The molecule has 0 atom stereocenters. The number of carbonyl (C=O) groups is 1. The number of rotatable bonds is 6. The van der Waals surface area contributed by atoms with Crippen molar-refractivity contribution in [1.29, 1.82) is 0 Å². The number of nitrogens with one attached hydrogen (secondary N) is 1. The van der Waals surface area contributed by atoms with Crippen LogP contribution in [0.2, 0.25) is 0 Å². The first kappa shape index (κ1) is 17.3. The molecule has 0 unspecified atom stereocenters. The average molecular weight is 361 g/mol. The second-order valence-corrected chi connectivity index (χ2v) is 6.79. The summed E-state index contributed by atoms with van der Waals surface area (Å²) in [5.41, 5.74) is 4.22. The van der Waals surface area contributed by atoms with E-state index in [0.29, 0.717) is 12.8 Å². The van der Waals surface area contributed by atoms with Gasteiger partial charge in [-0.25, -0.2) is 4.98 Å². The van der Waals surface area contributed by atoms with Gasteiger partial charge in [0, 0.05) is 25.1 Å². The van der Waals surface area contributed by atoms with Crippen LogP contribution in [-0.4, -0.2) is 22.6 Å². The van der Waals surface area contributed by atoms with E-state index in [9.17, 15) is 4.79 Å². The van der Waals surface area contributed by atoms with Gasteiger partial charge in [0.15, 0.2) is 0 Å². The van der Waals surface area contributed by atoms with Gasteiger partial charge in [0.05, 0.1) is 19.0 Å². The van der Waals surface area contributed by atoms with Crippen molar-refractivity contribution in [2.24, 2.45) is 0 Å². The number of aryl methyl sites for hydroxylation is 2. The number of methoxy groups -OCH3 is 1. The van der Waals surface area contributed by atoms with E-state index in [1.54, 1.807) is 7.11 Å². The highest BCUT2D eigenvalue weighted by molar-refractivity contribution is 5.91. The maximum atomic E-state index is 12.2. The van der Waals surface area contributed by atoms with Crippen LogP contribution >= 0.6 is 0 Å². The Morgan fingerprint density at radius 2 is 1.93 bits per heavy atom. The zero-order valence-electron chi connectivity index (χ0n) is 15.4. The molecule has 5 nitrogen and oxygen atoms in total. The number of aromatic nitrogens is 2. The first-order valence-electron chi connectivity index (χ1n) is 9.30. The Kier molecular flexibility index (Phi) is 4.92. The predicted molar refractivity (Wildman–Crippen MR) is 106 cm³/mol. The molecule has 0 aliphatic carbocycles. The highest BCUT2D eigenvalue weighted by atomic mass is 16.5. The summed E-state index contributed by atoms with van der Waals surface area (Å²) in [4.78, 5) is 16.7. The molecule has 1 aliphatic heterocycles. The Labute approximate surface area is 159 Å². The number of ether oxygens (including phenoxy) is 1. The van der Waals surface area contributed by atoms with Crippen LogP contribution in [0.4, 0.5) is 5.69 Å². The van der Waals surface area contributed by atoms with E-state index >= 15 is 0 Å². The number of hydrogen-bond donors (Lipinski definition) is 1. The summed E-state index contributed by atoms with van der Waals surface area (Å²) >= 11 is 0. The molecule has 1 amide bonds. The van der Waals surface area contributed by atoms with Gasteiger partial charge < -0.3 is 14.6 Å². The number of nitrogens with zero attached hydrogens (tertiary/aromatic N) is 2. The predicted octanol–water partition coefficient (Wildman–Crippen LogP) is 4.08. The SMILES string of the molecule is COc1ccc(CCC(=O)Nc2ccc(-c3cnc4n3CCC4)cc2)cc1. The van der Waals surface area contributed by atoms with E-state index in [0.717, 1.165) is 41.2 Å². The highest BCUT2D eigenvalue weighted by Crippen LogP contribution is 2.26. The van der Waals surface area contributed by atoms with Gasteiger partial charge in [0.1, 0.15) is 11.6 Å². The minimum absolute atomic E-state index is 0.0174. The van der Waals surface area contributed by atoms with Crippen LogP contribution in [0.5, 0.6) is 5.75 Å². The summed E-state index contributed by atoms with van der Waals surface area (Å²) in [6.07, 6.45) is 5.32. The third-order valence-corrected chi connectivity index (χ3v) is 4.98. The highest BCUT2D eigenvalue weighted by Gasteiger charge is 2.16. The molecular weight excluding hydrogens is 338 g/mol. The zero-order valence-corrected chi connectivity index (χ0v) is 15.4. The van der Waals surface area contributed by atoms with Crippen LogP contribution in [0.1, 0.15) is 24.2 Å². The first-order valence-corrected chi connectivity index (χ1v) is 9.30. The molecule has 1 aromatic heterocycles. The topological polar surface area (TPSA) is 56.1 Å². The first-order chi connectivity index (χ1) is 13.2. The fourth-order valence-electron chi connectivity index (χ4n) is 3.49. The quantitative estimate of drug-likeness (QED) is 0.720. The lowest BCUT2D eigenvalue weighted by Crippen LogP contribution is -2.12. The molecule has 0 saturated carbocycles. The molecule has 2 heterocycles. The van der Waals surface area contributed by atoms with Crippen LogP contribution in [0.25, 0.3) is 11.3 Å². The Balaban J connectivity index is 1.34. The van der Waals surface area contributed by atoms with Crippen molar-refractivity contribution in [3.8, 4) is 17.0 Å². The van der Waals surface area contributed by atoms with E-state index in [-0.39, 0.29) is 5.91 Å². The van der Waals surface area contributed by atoms with Crippen LogP contribution in [0.15, 0.2) is 54.7 Å². The third-order valence-electron chi connectivity index (χ3n) is 4.98. The van der Waals surface area contributed by atoms with Gasteiger partial charge in [-0.1, -0.05) is 24.3 Å². The minimum atomic E-state index is 0.0174. The molecule has 0 spiro atoms. The van der Waals surface area contributed by atoms with E-state index in [1.165, 1.54) is 12.2 Å². The monoisotopic (exact) mass is 361 g/mol. The fraction of sp³-hybridized carbons (Fsp3) is 0.273. The normalized spacial score (nSPS) is 12.6. The van der Waals surface area contributed by atoms with Crippen LogP contribution in [0.3, 0.4) is 0 Å². The van der Waals surface area contributed by atoms with Crippen LogP contribution in [0, 0.1) is 0 Å². The molecule has 0 saturated heterocycles. The lowest BCUT2D eigenvalue weighted by Gasteiger charge is -2.08. The number of imidazole rings is 1. The molecule has 2 aromatic carbocycles. The smallest absolute Gasteiger partial charge is 0.224 e. The van der Waals surface area contributed by atoms with Crippen LogP contribution in [-0.2, 0) is 24.2 Å². The lowest BCUT2D eigenvalue weighted by atomic mass is 10.1. The molecule has 0 bridgehead atoms. The fourth-order valence-corrected chi connectivity index (χ4v) is 3.49. The van der Waals surface area contributed by atoms with E-state index in [4.69, 9.17) is 4.74 Å². The maximum absolute atomic E-state index is 12.2. The standard InChI is InChI=1S/C22H23N3O2/c1-27-19-11-4-16(5-12-19)6-13-22(26)24-18-9-7-17(8-10-18)20-15-23-21-3-2-14-25(20)21/h4-5,7-12,15H,2-3,6,13-14H2,1H3,(H,24,26). The molecule has 1 N–H and O–H groups in total. The Morgan fingerprint density at radius 1 is 1.15 bits per heavy atom. The molecule has 0 radical (unpaired) electrons. The molecule has 1 aliphatic rings. The number of fused-ring (bicyclic) bond motifs is 1. The van der Waals surface area contributed by atoms with Gasteiger partial charge in [-0.15, -0.1) is 0 Å². The van der Waals surface area contributed by atoms with Crippen molar-refractivity contribution in [2.75, 3.05) is 12.4 Å². The summed E-state index contributed by atoms with van der Waals surface area (Å²) < 4.78 is 7.43. The summed E-state index contributed by atoms with van der Waals surface area (Å²) in [6.45, 7) is 1.04. The average Bonchev–Trinajstić information content (AvgIpc) is 3.31. The molecule has 3 aromatic rings. The van der Waals surface area contributed by atoms with Crippen molar-refractivity contribution in [2.45, 2.75) is 32.2 Å². The number of hydrogen-bond acceptors (Lipinski definition) is 3.